The van der Waals surface area contributed by atoms with Crippen LogP contribution in [-0.2, 0) is 9.53 Å². The first-order valence-corrected chi connectivity index (χ1v) is 4.75. The monoisotopic (exact) mass is 200 g/mol. The molecule has 1 atom stereocenters. The fraction of sp³-hybridized carbons (Fsp3) is 0.778. The molecule has 5 heteroatoms. The van der Waals surface area contributed by atoms with Crippen LogP contribution >= 0.6 is 0 Å². The SMILES string of the molecule is CN(C)C(=O)OC(=O)C1CCCNC1. The molecule has 0 saturated carbocycles. The molecule has 1 fully saturated rings. The van der Waals surface area contributed by atoms with Gasteiger partial charge in [-0.25, -0.2) is 4.79 Å². The van der Waals surface area contributed by atoms with E-state index in [1.165, 1.54) is 4.90 Å². The van der Waals surface area contributed by atoms with Crippen molar-refractivity contribution in [3.63, 3.8) is 0 Å². The highest BCUT2D eigenvalue weighted by Gasteiger charge is 2.24. The van der Waals surface area contributed by atoms with Gasteiger partial charge in [-0.05, 0) is 19.4 Å². The molecular weight excluding hydrogens is 184 g/mol. The molecule has 0 aromatic rings. The number of ether oxygens (including phenoxy) is 1. The van der Waals surface area contributed by atoms with E-state index in [-0.39, 0.29) is 5.92 Å². The van der Waals surface area contributed by atoms with Crippen molar-refractivity contribution >= 4 is 12.1 Å². The summed E-state index contributed by atoms with van der Waals surface area (Å²) < 4.78 is 4.66. The fourth-order valence-electron chi connectivity index (χ4n) is 1.31. The molecule has 0 spiro atoms. The van der Waals surface area contributed by atoms with E-state index in [0.29, 0.717) is 6.54 Å². The van der Waals surface area contributed by atoms with Gasteiger partial charge in [-0.15, -0.1) is 0 Å². The fourth-order valence-corrected chi connectivity index (χ4v) is 1.31. The molecule has 0 aromatic heterocycles. The van der Waals surface area contributed by atoms with Crippen LogP contribution in [0.4, 0.5) is 4.79 Å². The smallest absolute Gasteiger partial charge is 0.376 e. The first kappa shape index (κ1) is 11.0. The third-order valence-electron chi connectivity index (χ3n) is 2.18. The van der Waals surface area contributed by atoms with Gasteiger partial charge >= 0.3 is 12.1 Å². The lowest BCUT2D eigenvalue weighted by molar-refractivity contribution is -0.143. The minimum atomic E-state index is -0.597. The van der Waals surface area contributed by atoms with Gasteiger partial charge in [-0.3, -0.25) is 4.79 Å². The van der Waals surface area contributed by atoms with Crippen molar-refractivity contribution in [1.82, 2.24) is 10.2 Å². The molecule has 1 heterocycles. The van der Waals surface area contributed by atoms with Crippen molar-refractivity contribution in [2.75, 3.05) is 27.2 Å². The number of piperidine rings is 1. The Morgan fingerprint density at radius 2 is 2.14 bits per heavy atom. The summed E-state index contributed by atoms with van der Waals surface area (Å²) in [6.07, 6.45) is 1.16. The molecule has 1 aliphatic rings. The van der Waals surface area contributed by atoms with Crippen molar-refractivity contribution in [2.24, 2.45) is 5.92 Å². The average Bonchev–Trinajstić information content (AvgIpc) is 2.19. The van der Waals surface area contributed by atoms with E-state index < -0.39 is 12.1 Å². The van der Waals surface area contributed by atoms with Crippen molar-refractivity contribution in [1.29, 1.82) is 0 Å². The van der Waals surface area contributed by atoms with Gasteiger partial charge in [0.05, 0.1) is 5.92 Å². The first-order chi connectivity index (χ1) is 6.61. The number of rotatable bonds is 1. The van der Waals surface area contributed by atoms with Crippen LogP contribution in [0.1, 0.15) is 12.8 Å². The number of esters is 1. The molecule has 1 saturated heterocycles. The van der Waals surface area contributed by atoms with Crippen LogP contribution in [-0.4, -0.2) is 44.1 Å². The molecule has 1 N–H and O–H groups in total. The van der Waals surface area contributed by atoms with Crippen molar-refractivity contribution < 1.29 is 14.3 Å². The Morgan fingerprint density at radius 1 is 1.43 bits per heavy atom. The normalized spacial score (nSPS) is 21.4. The van der Waals surface area contributed by atoms with E-state index in [1.807, 2.05) is 0 Å². The average molecular weight is 200 g/mol. The van der Waals surface area contributed by atoms with Crippen LogP contribution in [0, 0.1) is 5.92 Å². The number of carbonyl (C=O) groups is 2. The maximum atomic E-state index is 11.4. The van der Waals surface area contributed by atoms with Crippen LogP contribution in [0.15, 0.2) is 0 Å². The molecule has 0 radical (unpaired) electrons. The molecule has 80 valence electrons. The minimum Gasteiger partial charge on any atom is -0.376 e. The number of nitrogens with one attached hydrogen (secondary N) is 1. The standard InChI is InChI=1S/C9H16N2O3/c1-11(2)9(13)14-8(12)7-4-3-5-10-6-7/h7,10H,3-6H2,1-2H3. The maximum absolute atomic E-state index is 11.4. The van der Waals surface area contributed by atoms with E-state index in [0.717, 1.165) is 19.4 Å². The number of amides is 1. The van der Waals surface area contributed by atoms with Crippen LogP contribution in [0.2, 0.25) is 0 Å². The van der Waals surface area contributed by atoms with Gasteiger partial charge in [0, 0.05) is 20.6 Å². The highest BCUT2D eigenvalue weighted by Crippen LogP contribution is 2.11. The van der Waals surface area contributed by atoms with Gasteiger partial charge in [-0.1, -0.05) is 0 Å². The zero-order valence-corrected chi connectivity index (χ0v) is 8.58. The molecule has 0 bridgehead atoms. The summed E-state index contributed by atoms with van der Waals surface area (Å²) in [5.74, 6) is -0.594. The lowest BCUT2D eigenvalue weighted by Gasteiger charge is -2.21. The molecule has 0 aromatic carbocycles. The molecular formula is C9H16N2O3. The second-order valence-corrected chi connectivity index (χ2v) is 3.62. The number of carbonyl (C=O) groups excluding carboxylic acids is 2. The Balaban J connectivity index is 2.37. The molecule has 0 aliphatic carbocycles. The Labute approximate surface area is 83.4 Å². The Kier molecular flexibility index (Phi) is 3.88. The zero-order chi connectivity index (χ0) is 10.6. The lowest BCUT2D eigenvalue weighted by atomic mass is 10.0. The zero-order valence-electron chi connectivity index (χ0n) is 8.58. The van der Waals surface area contributed by atoms with Crippen molar-refractivity contribution in [2.45, 2.75) is 12.8 Å². The minimum absolute atomic E-state index is 0.173. The van der Waals surface area contributed by atoms with Crippen LogP contribution < -0.4 is 5.32 Å². The predicted octanol–water partition coefficient (Wildman–Crippen LogP) is 0.211. The Morgan fingerprint density at radius 3 is 2.64 bits per heavy atom. The third kappa shape index (κ3) is 2.99. The van der Waals surface area contributed by atoms with Crippen molar-refractivity contribution in [3.8, 4) is 0 Å². The molecule has 14 heavy (non-hydrogen) atoms. The second-order valence-electron chi connectivity index (χ2n) is 3.62. The van der Waals surface area contributed by atoms with Gasteiger partial charge in [0.25, 0.3) is 0 Å². The third-order valence-corrected chi connectivity index (χ3v) is 2.18. The molecule has 1 rings (SSSR count). The van der Waals surface area contributed by atoms with E-state index in [2.05, 4.69) is 10.1 Å². The van der Waals surface area contributed by atoms with Crippen LogP contribution in [0.25, 0.3) is 0 Å². The summed E-state index contributed by atoms with van der Waals surface area (Å²) in [7, 11) is 3.10. The second kappa shape index (κ2) is 4.95. The lowest BCUT2D eigenvalue weighted by Crippen LogP contribution is -2.37. The first-order valence-electron chi connectivity index (χ1n) is 4.75. The summed E-state index contributed by atoms with van der Waals surface area (Å²) in [5, 5.41) is 3.09. The summed E-state index contributed by atoms with van der Waals surface area (Å²) >= 11 is 0. The highest BCUT2D eigenvalue weighted by atomic mass is 16.6. The highest BCUT2D eigenvalue weighted by molar-refractivity contribution is 5.85. The predicted molar refractivity (Wildman–Crippen MR) is 50.8 cm³/mol. The van der Waals surface area contributed by atoms with Gasteiger partial charge in [0.15, 0.2) is 0 Å². The van der Waals surface area contributed by atoms with E-state index in [4.69, 9.17) is 0 Å². The van der Waals surface area contributed by atoms with E-state index in [9.17, 15) is 9.59 Å². The van der Waals surface area contributed by atoms with E-state index >= 15 is 0 Å². The maximum Gasteiger partial charge on any atom is 0.416 e. The quantitative estimate of drug-likeness (QED) is 0.485. The summed E-state index contributed by atoms with van der Waals surface area (Å²) in [6.45, 7) is 1.55. The summed E-state index contributed by atoms with van der Waals surface area (Å²) in [5.41, 5.74) is 0. The molecule has 1 unspecified atom stereocenters. The van der Waals surface area contributed by atoms with Gasteiger partial charge in [-0.2, -0.15) is 0 Å². The molecule has 5 nitrogen and oxygen atoms in total. The van der Waals surface area contributed by atoms with Crippen LogP contribution in [0.3, 0.4) is 0 Å². The van der Waals surface area contributed by atoms with E-state index in [1.54, 1.807) is 14.1 Å². The summed E-state index contributed by atoms with van der Waals surface area (Å²) in [4.78, 5) is 23.7. The topological polar surface area (TPSA) is 58.6 Å². The summed E-state index contributed by atoms with van der Waals surface area (Å²) in [6, 6.07) is 0. The van der Waals surface area contributed by atoms with Gasteiger partial charge < -0.3 is 15.0 Å². The Hall–Kier alpha value is -1.10. The van der Waals surface area contributed by atoms with Crippen molar-refractivity contribution in [3.05, 3.63) is 0 Å². The van der Waals surface area contributed by atoms with Gasteiger partial charge in [0.2, 0.25) is 0 Å². The Bertz CT molecular complexity index is 222. The number of nitrogens with zero attached hydrogens (tertiary/aromatic N) is 1. The van der Waals surface area contributed by atoms with Crippen LogP contribution in [0.5, 0.6) is 0 Å². The number of hydrogen-bond acceptors (Lipinski definition) is 4. The molecule has 1 aliphatic heterocycles. The number of hydrogen-bond donors (Lipinski definition) is 1. The molecule has 1 amide bonds. The largest absolute Gasteiger partial charge is 0.416 e. The van der Waals surface area contributed by atoms with Gasteiger partial charge in [0.1, 0.15) is 0 Å².